The van der Waals surface area contributed by atoms with Gasteiger partial charge in [-0.2, -0.15) is 0 Å². The summed E-state index contributed by atoms with van der Waals surface area (Å²) in [5.41, 5.74) is 3.35. The molecule has 5 rings (SSSR count). The van der Waals surface area contributed by atoms with Crippen LogP contribution >= 0.6 is 12.4 Å². The van der Waals surface area contributed by atoms with Crippen molar-refractivity contribution in [2.45, 2.75) is 57.0 Å². The summed E-state index contributed by atoms with van der Waals surface area (Å²) in [6.45, 7) is 4.72. The second-order valence-electron chi connectivity index (χ2n) is 7.58. The number of fused-ring (bicyclic) bond motifs is 2. The van der Waals surface area contributed by atoms with Crippen LogP contribution in [0, 0.1) is 11.8 Å². The van der Waals surface area contributed by atoms with E-state index >= 15 is 0 Å². The van der Waals surface area contributed by atoms with Crippen molar-refractivity contribution in [3.8, 4) is 0 Å². The van der Waals surface area contributed by atoms with E-state index in [1.54, 1.807) is 5.56 Å². The molecule has 5 atom stereocenters. The topological polar surface area (TPSA) is 29.5 Å². The molecule has 4 aliphatic rings. The molecule has 4 unspecified atom stereocenters. The Morgan fingerprint density at radius 2 is 2.04 bits per heavy atom. The maximum Gasteiger partial charge on any atom is 0.310 e. The molecule has 1 saturated carbocycles. The molecule has 2 saturated heterocycles. The monoisotopic (exact) mass is 349 g/mol. The van der Waals surface area contributed by atoms with Crippen LogP contribution in [0.4, 0.5) is 0 Å². The predicted octanol–water partition coefficient (Wildman–Crippen LogP) is 3.58. The molecule has 2 aliphatic carbocycles. The average molecular weight is 350 g/mol. The Morgan fingerprint density at radius 3 is 2.75 bits per heavy atom. The normalized spacial score (nSPS) is 36.6. The van der Waals surface area contributed by atoms with Gasteiger partial charge in [0.1, 0.15) is 0 Å². The largest absolute Gasteiger partial charge is 0.466 e. The second kappa shape index (κ2) is 6.34. The number of hydrogen-bond acceptors (Lipinski definition) is 3. The zero-order chi connectivity index (χ0) is 16.2. The van der Waals surface area contributed by atoms with Gasteiger partial charge in [-0.15, -0.1) is 12.4 Å². The van der Waals surface area contributed by atoms with Crippen molar-refractivity contribution in [2.75, 3.05) is 13.7 Å². The number of carbonyl (C=O) groups is 1. The van der Waals surface area contributed by atoms with E-state index in [0.29, 0.717) is 24.6 Å². The summed E-state index contributed by atoms with van der Waals surface area (Å²) in [6.07, 6.45) is 4.40. The lowest BCUT2D eigenvalue weighted by atomic mass is 9.48. The maximum absolute atomic E-state index is 12.4. The molecule has 2 heterocycles. The summed E-state index contributed by atoms with van der Waals surface area (Å²) in [5, 5.41) is 0. The molecule has 4 heteroatoms. The zero-order valence-corrected chi connectivity index (χ0v) is 15.6. The standard InChI is InChI=1S/C20H27NO2.ClH/c1-4-20-12-18-14(19(22)23-5-2)11-16(20)17(21(18)3)10-13-8-6-7-9-15(13)20;/h6-9,14,16-18H,4-5,10-12H2,1-3H3;1H/t14?,16?,17?,18?,20-;/m1./s1. The third-order valence-electron chi connectivity index (χ3n) is 6.97. The zero-order valence-electron chi connectivity index (χ0n) is 14.8. The van der Waals surface area contributed by atoms with Gasteiger partial charge >= 0.3 is 5.97 Å². The number of carbonyl (C=O) groups excluding carboxylic acids is 1. The summed E-state index contributed by atoms with van der Waals surface area (Å²) < 4.78 is 5.37. The van der Waals surface area contributed by atoms with Crippen LogP contribution in [0.2, 0.25) is 0 Å². The fourth-order valence-electron chi connectivity index (χ4n) is 5.91. The van der Waals surface area contributed by atoms with Gasteiger partial charge in [-0.1, -0.05) is 31.2 Å². The minimum absolute atomic E-state index is 0. The summed E-state index contributed by atoms with van der Waals surface area (Å²) >= 11 is 0. The van der Waals surface area contributed by atoms with E-state index in [2.05, 4.69) is 43.1 Å². The third kappa shape index (κ3) is 2.24. The highest BCUT2D eigenvalue weighted by molar-refractivity contribution is 5.85. The van der Waals surface area contributed by atoms with Gasteiger partial charge in [0, 0.05) is 17.5 Å². The number of rotatable bonds is 3. The van der Waals surface area contributed by atoms with Gasteiger partial charge in [-0.05, 0) is 56.7 Å². The van der Waals surface area contributed by atoms with Crippen molar-refractivity contribution < 1.29 is 9.53 Å². The molecule has 3 nitrogen and oxygen atoms in total. The van der Waals surface area contributed by atoms with Gasteiger partial charge in [0.2, 0.25) is 0 Å². The fourth-order valence-corrected chi connectivity index (χ4v) is 5.91. The summed E-state index contributed by atoms with van der Waals surface area (Å²) in [5.74, 6) is 0.657. The summed E-state index contributed by atoms with van der Waals surface area (Å²) in [6, 6.07) is 9.91. The van der Waals surface area contributed by atoms with Gasteiger partial charge < -0.3 is 4.74 Å². The molecule has 24 heavy (non-hydrogen) atoms. The Kier molecular flexibility index (Phi) is 4.69. The minimum atomic E-state index is 0. The predicted molar refractivity (Wildman–Crippen MR) is 97.5 cm³/mol. The number of benzene rings is 1. The first kappa shape index (κ1) is 17.8. The molecule has 2 aliphatic heterocycles. The Morgan fingerprint density at radius 1 is 1.29 bits per heavy atom. The smallest absolute Gasteiger partial charge is 0.310 e. The molecule has 4 bridgehead atoms. The lowest BCUT2D eigenvalue weighted by molar-refractivity contribution is -0.165. The molecule has 1 aromatic rings. The molecule has 1 aromatic carbocycles. The van der Waals surface area contributed by atoms with E-state index in [9.17, 15) is 4.79 Å². The highest BCUT2D eigenvalue weighted by atomic mass is 35.5. The average Bonchev–Trinajstić information content (AvgIpc) is 2.58. The van der Waals surface area contributed by atoms with E-state index in [-0.39, 0.29) is 29.7 Å². The number of nitrogens with zero attached hydrogens (tertiary/aromatic N) is 1. The number of likely N-dealkylation sites (N-methyl/N-ethyl adjacent to an activating group) is 1. The maximum atomic E-state index is 12.4. The van der Waals surface area contributed by atoms with E-state index in [0.717, 1.165) is 19.3 Å². The van der Waals surface area contributed by atoms with E-state index in [1.165, 1.54) is 12.0 Å². The molecular weight excluding hydrogens is 322 g/mol. The molecular formula is C20H28ClNO2. The fraction of sp³-hybridized carbons (Fsp3) is 0.650. The van der Waals surface area contributed by atoms with Crippen molar-refractivity contribution in [1.82, 2.24) is 4.90 Å². The second-order valence-corrected chi connectivity index (χ2v) is 7.58. The first-order valence-corrected chi connectivity index (χ1v) is 9.09. The molecule has 0 spiro atoms. The van der Waals surface area contributed by atoms with Gasteiger partial charge in [0.25, 0.3) is 0 Å². The van der Waals surface area contributed by atoms with Gasteiger partial charge in [-0.25, -0.2) is 0 Å². The summed E-state index contributed by atoms with van der Waals surface area (Å²) in [4.78, 5) is 14.9. The van der Waals surface area contributed by atoms with Crippen molar-refractivity contribution in [3.63, 3.8) is 0 Å². The Balaban J connectivity index is 0.00000169. The minimum Gasteiger partial charge on any atom is -0.466 e. The first-order valence-electron chi connectivity index (χ1n) is 9.09. The summed E-state index contributed by atoms with van der Waals surface area (Å²) in [7, 11) is 2.22. The third-order valence-corrected chi connectivity index (χ3v) is 6.97. The molecule has 0 amide bonds. The molecule has 0 aromatic heterocycles. The first-order chi connectivity index (χ1) is 11.1. The van der Waals surface area contributed by atoms with E-state index in [1.807, 2.05) is 6.92 Å². The molecule has 0 N–H and O–H groups in total. The Hall–Kier alpha value is -1.06. The Labute approximate surface area is 151 Å². The van der Waals surface area contributed by atoms with Crippen molar-refractivity contribution in [2.24, 2.45) is 11.8 Å². The number of halogens is 1. The lowest BCUT2D eigenvalue weighted by Gasteiger charge is -2.64. The van der Waals surface area contributed by atoms with Crippen LogP contribution in [0.15, 0.2) is 24.3 Å². The van der Waals surface area contributed by atoms with E-state index < -0.39 is 0 Å². The van der Waals surface area contributed by atoms with Crippen LogP contribution in [0.1, 0.15) is 44.2 Å². The van der Waals surface area contributed by atoms with Crippen LogP contribution in [0.25, 0.3) is 0 Å². The highest BCUT2D eigenvalue weighted by Gasteiger charge is 2.61. The SMILES string of the molecule is CCOC(=O)C1CC2C3Cc4ccccc4[C@@]2(CC)CC1N3C.Cl. The Bertz CT molecular complexity index is 634. The van der Waals surface area contributed by atoms with Crippen molar-refractivity contribution in [1.29, 1.82) is 0 Å². The molecule has 0 radical (unpaired) electrons. The number of ether oxygens (including phenoxy) is 1. The van der Waals surface area contributed by atoms with Crippen LogP contribution in [0.3, 0.4) is 0 Å². The number of piperidine rings is 2. The number of hydrogen-bond donors (Lipinski definition) is 0. The van der Waals surface area contributed by atoms with E-state index in [4.69, 9.17) is 4.74 Å². The van der Waals surface area contributed by atoms with Crippen LogP contribution in [-0.2, 0) is 21.4 Å². The highest BCUT2D eigenvalue weighted by Crippen LogP contribution is 2.59. The lowest BCUT2D eigenvalue weighted by Crippen LogP contribution is -2.69. The van der Waals surface area contributed by atoms with Crippen molar-refractivity contribution in [3.05, 3.63) is 35.4 Å². The van der Waals surface area contributed by atoms with Crippen LogP contribution < -0.4 is 0 Å². The van der Waals surface area contributed by atoms with Gasteiger partial charge in [-0.3, -0.25) is 9.69 Å². The van der Waals surface area contributed by atoms with Crippen LogP contribution in [0.5, 0.6) is 0 Å². The van der Waals surface area contributed by atoms with Crippen LogP contribution in [-0.4, -0.2) is 36.6 Å². The molecule has 3 fully saturated rings. The quantitative estimate of drug-likeness (QED) is 0.781. The molecule has 132 valence electrons. The van der Waals surface area contributed by atoms with Crippen molar-refractivity contribution >= 4 is 18.4 Å². The van der Waals surface area contributed by atoms with Gasteiger partial charge in [0.15, 0.2) is 0 Å². The number of esters is 1. The van der Waals surface area contributed by atoms with Gasteiger partial charge in [0.05, 0.1) is 12.5 Å².